The first-order valence-electron chi connectivity index (χ1n) is 3.98. The summed E-state index contributed by atoms with van der Waals surface area (Å²) in [5.41, 5.74) is 3.80. The highest BCUT2D eigenvalue weighted by Gasteiger charge is 2.11. The van der Waals surface area contributed by atoms with Gasteiger partial charge in [0.1, 0.15) is 10.6 Å². The fourth-order valence-electron chi connectivity index (χ4n) is 1.17. The normalized spacial score (nSPS) is 10.1. The fraction of sp³-hybridized carbons (Fsp3) is 0.100. The van der Waals surface area contributed by atoms with E-state index in [1.165, 1.54) is 11.3 Å². The molecule has 2 rings (SSSR count). The molecule has 0 aromatic carbocycles. The first kappa shape index (κ1) is 9.02. The van der Waals surface area contributed by atoms with Crippen molar-refractivity contribution in [2.75, 3.05) is 0 Å². The Morgan fingerprint density at radius 3 is 3.00 bits per heavy atom. The molecule has 0 unspecified atom stereocenters. The van der Waals surface area contributed by atoms with Crippen molar-refractivity contribution in [1.82, 2.24) is 9.97 Å². The second kappa shape index (κ2) is 3.67. The van der Waals surface area contributed by atoms with Gasteiger partial charge in [-0.3, -0.25) is 9.78 Å². The highest BCUT2D eigenvalue weighted by Crippen LogP contribution is 2.24. The number of aromatic nitrogens is 2. The lowest BCUT2D eigenvalue weighted by molar-refractivity contribution is 0.563. The molecule has 2 aromatic heterocycles. The molecule has 0 saturated carbocycles. The molecule has 2 heterocycles. The molecule has 0 spiro atoms. The van der Waals surface area contributed by atoms with Crippen LogP contribution in [0.1, 0.15) is 10.4 Å². The summed E-state index contributed by atoms with van der Waals surface area (Å²) in [6.45, 7) is 1.89. The van der Waals surface area contributed by atoms with E-state index in [-0.39, 0.29) is 0 Å². The van der Waals surface area contributed by atoms with Crippen molar-refractivity contribution in [3.8, 4) is 11.4 Å². The van der Waals surface area contributed by atoms with Crippen LogP contribution >= 0.6 is 11.3 Å². The van der Waals surface area contributed by atoms with Crippen molar-refractivity contribution in [1.29, 1.82) is 0 Å². The van der Waals surface area contributed by atoms with Crippen molar-refractivity contribution in [3.63, 3.8) is 0 Å². The van der Waals surface area contributed by atoms with Gasteiger partial charge in [-0.15, -0.1) is 11.3 Å². The summed E-state index contributed by atoms with van der Waals surface area (Å²) in [5, 5.41) is 0. The summed E-state index contributed by atoms with van der Waals surface area (Å²) < 4.78 is 0. The van der Waals surface area contributed by atoms with E-state index in [1.54, 1.807) is 17.8 Å². The monoisotopic (exact) mass is 202 g/mol. The third kappa shape index (κ3) is 1.44. The Balaban J connectivity index is 2.60. The highest BCUT2D eigenvalue weighted by atomic mass is 32.1. The van der Waals surface area contributed by atoms with E-state index in [9.17, 15) is 4.79 Å². The number of rotatable bonds is 2. The lowest BCUT2D eigenvalue weighted by Gasteiger charge is -1.99. The van der Waals surface area contributed by atoms with Crippen molar-refractivity contribution >= 4 is 17.6 Å². The molecule has 0 bridgehead atoms. The van der Waals surface area contributed by atoms with Crippen LogP contribution in [-0.2, 0) is 4.79 Å². The minimum atomic E-state index is 0.486. The van der Waals surface area contributed by atoms with Crippen molar-refractivity contribution in [2.45, 2.75) is 6.92 Å². The zero-order valence-corrected chi connectivity index (χ0v) is 8.26. The summed E-state index contributed by atoms with van der Waals surface area (Å²) in [6, 6.07) is 4.74. The first-order valence-corrected chi connectivity index (χ1v) is 4.86. The van der Waals surface area contributed by atoms with E-state index in [0.29, 0.717) is 16.3 Å². The molecule has 0 aliphatic rings. The number of pyridine rings is 1. The smallest absolute Gasteiger partial charge is 0.246 e. The van der Waals surface area contributed by atoms with Crippen LogP contribution in [0.15, 0.2) is 17.8 Å². The second-order valence-corrected chi connectivity index (χ2v) is 3.55. The largest absolute Gasteiger partial charge is 0.284 e. The lowest BCUT2D eigenvalue weighted by atomic mass is 10.1. The number of hydrogen-bond acceptors (Lipinski definition) is 4. The number of aryl methyl sites for hydroxylation is 1. The predicted octanol–water partition coefficient (Wildman–Crippen LogP) is 1.77. The zero-order chi connectivity index (χ0) is 9.97. The van der Waals surface area contributed by atoms with Gasteiger partial charge in [0.15, 0.2) is 0 Å². The SMILES string of the molecule is Cc1[c]ccnc1-c1ncsc1[C]=O. The Hall–Kier alpha value is -1.55. The average molecular weight is 202 g/mol. The molecule has 2 radical (unpaired) electrons. The van der Waals surface area contributed by atoms with Gasteiger partial charge in [0, 0.05) is 6.20 Å². The Labute approximate surface area is 85.5 Å². The van der Waals surface area contributed by atoms with E-state index in [1.807, 2.05) is 13.2 Å². The van der Waals surface area contributed by atoms with E-state index < -0.39 is 0 Å². The minimum Gasteiger partial charge on any atom is -0.284 e. The van der Waals surface area contributed by atoms with Gasteiger partial charge in [-0.2, -0.15) is 0 Å². The van der Waals surface area contributed by atoms with Crippen molar-refractivity contribution in [3.05, 3.63) is 34.3 Å². The van der Waals surface area contributed by atoms with Crippen molar-refractivity contribution < 1.29 is 4.79 Å². The van der Waals surface area contributed by atoms with Gasteiger partial charge >= 0.3 is 0 Å². The summed E-state index contributed by atoms with van der Waals surface area (Å²) in [5.74, 6) is 0. The van der Waals surface area contributed by atoms with Crippen LogP contribution in [-0.4, -0.2) is 16.3 Å². The molecule has 0 N–H and O–H groups in total. The van der Waals surface area contributed by atoms with Gasteiger partial charge in [0.2, 0.25) is 6.29 Å². The fourth-order valence-corrected chi connectivity index (χ4v) is 1.74. The van der Waals surface area contributed by atoms with Crippen LogP contribution in [0, 0.1) is 13.0 Å². The molecule has 14 heavy (non-hydrogen) atoms. The summed E-state index contributed by atoms with van der Waals surface area (Å²) >= 11 is 1.26. The van der Waals surface area contributed by atoms with Gasteiger partial charge < -0.3 is 0 Å². The molecule has 3 nitrogen and oxygen atoms in total. The van der Waals surface area contributed by atoms with Gasteiger partial charge in [0.05, 0.1) is 11.2 Å². The van der Waals surface area contributed by atoms with E-state index in [0.717, 1.165) is 5.56 Å². The summed E-state index contributed by atoms with van der Waals surface area (Å²) in [6.07, 6.45) is 3.49. The van der Waals surface area contributed by atoms with E-state index in [2.05, 4.69) is 16.0 Å². The molecule has 0 amide bonds. The first-order chi connectivity index (χ1) is 6.83. The average Bonchev–Trinajstić information content (AvgIpc) is 2.66. The molecule has 68 valence electrons. The van der Waals surface area contributed by atoms with Crippen LogP contribution in [0.4, 0.5) is 0 Å². The lowest BCUT2D eigenvalue weighted by Crippen LogP contribution is -1.90. The molecule has 0 atom stereocenters. The van der Waals surface area contributed by atoms with E-state index >= 15 is 0 Å². The molecule has 4 heteroatoms. The maximum atomic E-state index is 10.6. The zero-order valence-electron chi connectivity index (χ0n) is 7.44. The molecule has 0 aliphatic heterocycles. The predicted molar refractivity (Wildman–Crippen MR) is 53.7 cm³/mol. The second-order valence-electron chi connectivity index (χ2n) is 2.69. The third-order valence-electron chi connectivity index (χ3n) is 1.82. The van der Waals surface area contributed by atoms with Gasteiger partial charge in [-0.25, -0.2) is 4.98 Å². The Kier molecular flexibility index (Phi) is 2.37. The summed E-state index contributed by atoms with van der Waals surface area (Å²) in [7, 11) is 0. The molecule has 2 aromatic rings. The van der Waals surface area contributed by atoms with Crippen LogP contribution in [0.2, 0.25) is 0 Å². The molecule has 0 fully saturated rings. The van der Waals surface area contributed by atoms with Crippen LogP contribution < -0.4 is 0 Å². The molecular formula is C10H6N2OS. The quantitative estimate of drug-likeness (QED) is 0.745. The topological polar surface area (TPSA) is 42.9 Å². The van der Waals surface area contributed by atoms with Crippen LogP contribution in [0.25, 0.3) is 11.4 Å². The Morgan fingerprint density at radius 1 is 1.43 bits per heavy atom. The Bertz CT molecular complexity index is 465. The molecule has 0 aliphatic carbocycles. The number of hydrogen-bond donors (Lipinski definition) is 0. The van der Waals surface area contributed by atoms with Gasteiger partial charge in [0.25, 0.3) is 0 Å². The number of thiazole rings is 1. The number of nitrogens with zero attached hydrogens (tertiary/aromatic N) is 2. The standard InChI is InChI=1S/C10H6N2OS/c1-7-3-2-4-11-9(7)10-8(5-13)14-6-12-10/h2,4,6H,1H3. The van der Waals surface area contributed by atoms with Gasteiger partial charge in [-0.1, -0.05) is 0 Å². The minimum absolute atomic E-state index is 0.486. The van der Waals surface area contributed by atoms with Gasteiger partial charge in [-0.05, 0) is 24.6 Å². The molecule has 0 saturated heterocycles. The highest BCUT2D eigenvalue weighted by molar-refractivity contribution is 7.11. The third-order valence-corrected chi connectivity index (χ3v) is 2.54. The number of carbonyl (C=O) groups excluding carboxylic acids is 1. The maximum Gasteiger partial charge on any atom is 0.246 e. The van der Waals surface area contributed by atoms with Crippen LogP contribution in [0.5, 0.6) is 0 Å². The molecular weight excluding hydrogens is 196 g/mol. The maximum absolute atomic E-state index is 10.6. The van der Waals surface area contributed by atoms with E-state index in [4.69, 9.17) is 0 Å². The van der Waals surface area contributed by atoms with Crippen molar-refractivity contribution in [2.24, 2.45) is 0 Å². The van der Waals surface area contributed by atoms with Crippen LogP contribution in [0.3, 0.4) is 0 Å². The summed E-state index contributed by atoms with van der Waals surface area (Å²) in [4.78, 5) is 19.3. The Morgan fingerprint density at radius 2 is 2.29 bits per heavy atom.